The Balaban J connectivity index is 1.63. The summed E-state index contributed by atoms with van der Waals surface area (Å²) in [5, 5.41) is 10.7. The lowest BCUT2D eigenvalue weighted by Crippen LogP contribution is -2.49. The zero-order valence-corrected chi connectivity index (χ0v) is 16.6. The second kappa shape index (κ2) is 6.46. The first-order chi connectivity index (χ1) is 11.9. The van der Waals surface area contributed by atoms with Crippen molar-refractivity contribution in [1.29, 1.82) is 0 Å². The molecular weight excluding hydrogens is 327 g/mol. The molecule has 0 bridgehead atoms. The first-order valence-electron chi connectivity index (χ1n) is 10.0. The number of aliphatic hydroxyl groups excluding tert-OH is 1. The van der Waals surface area contributed by atoms with Gasteiger partial charge in [0.05, 0.1) is 12.2 Å². The summed E-state index contributed by atoms with van der Waals surface area (Å²) in [6, 6.07) is 0. The van der Waals surface area contributed by atoms with Crippen LogP contribution in [-0.4, -0.2) is 24.4 Å². The summed E-state index contributed by atoms with van der Waals surface area (Å²) in [6.07, 6.45) is 12.9. The topological polar surface area (TPSA) is 29.5 Å². The Morgan fingerprint density at radius 3 is 2.72 bits per heavy atom. The maximum absolute atomic E-state index is 10.7. The van der Waals surface area contributed by atoms with Gasteiger partial charge in [-0.1, -0.05) is 43.5 Å². The normalized spacial score (nSPS) is 50.8. The standard InChI is InChI=1S/C21H31BO2S/c1-4-16-19(23)12-18-15-6-5-13-11-14(24-25-22)7-9-20(13,2)17(15)8-10-21(16,18)3/h4-5,14-15,17-19,23H,6-12H2,1-3H3/b16-4+. The number of rotatable bonds is 2. The monoisotopic (exact) mass is 358 g/mol. The second-order valence-corrected chi connectivity index (χ2v) is 9.65. The fraction of sp³-hybridized carbons (Fsp3) is 0.810. The molecule has 0 amide bonds. The highest BCUT2D eigenvalue weighted by atomic mass is 32.2. The van der Waals surface area contributed by atoms with Crippen molar-refractivity contribution in [3.05, 3.63) is 23.3 Å². The van der Waals surface area contributed by atoms with Crippen molar-refractivity contribution in [1.82, 2.24) is 0 Å². The van der Waals surface area contributed by atoms with Gasteiger partial charge in [-0.05, 0) is 86.0 Å². The van der Waals surface area contributed by atoms with E-state index in [1.165, 1.54) is 31.3 Å². The predicted octanol–water partition coefficient (Wildman–Crippen LogP) is 4.98. The Morgan fingerprint density at radius 1 is 1.24 bits per heavy atom. The molecule has 0 aromatic rings. The third-order valence-corrected chi connectivity index (χ3v) is 8.83. The van der Waals surface area contributed by atoms with Crippen molar-refractivity contribution in [2.45, 2.75) is 77.9 Å². The van der Waals surface area contributed by atoms with E-state index >= 15 is 0 Å². The summed E-state index contributed by atoms with van der Waals surface area (Å²) < 4.78 is 5.65. The van der Waals surface area contributed by atoms with Gasteiger partial charge in [-0.25, -0.2) is 0 Å². The molecule has 0 aromatic heterocycles. The number of allylic oxidation sites excluding steroid dienone is 2. The quantitative estimate of drug-likeness (QED) is 0.429. The fourth-order valence-corrected chi connectivity index (χ4v) is 7.49. The highest BCUT2D eigenvalue weighted by Gasteiger charge is 2.58. The van der Waals surface area contributed by atoms with Crippen LogP contribution in [0.4, 0.5) is 0 Å². The van der Waals surface area contributed by atoms with Gasteiger partial charge in [0.1, 0.15) is 0 Å². The molecule has 0 aromatic carbocycles. The van der Waals surface area contributed by atoms with Crippen LogP contribution in [0.2, 0.25) is 0 Å². The number of fused-ring (bicyclic) bond motifs is 5. The Morgan fingerprint density at radius 2 is 2.00 bits per heavy atom. The average Bonchev–Trinajstić information content (AvgIpc) is 2.85. The maximum atomic E-state index is 10.7. The van der Waals surface area contributed by atoms with E-state index in [0.717, 1.165) is 43.0 Å². The predicted molar refractivity (Wildman–Crippen MR) is 105 cm³/mol. The van der Waals surface area contributed by atoms with E-state index in [4.69, 9.17) is 11.3 Å². The lowest BCUT2D eigenvalue weighted by molar-refractivity contribution is -0.0237. The van der Waals surface area contributed by atoms with Crippen molar-refractivity contribution in [2.75, 3.05) is 0 Å². The van der Waals surface area contributed by atoms with E-state index in [9.17, 15) is 5.11 Å². The summed E-state index contributed by atoms with van der Waals surface area (Å²) in [5.41, 5.74) is 3.47. The van der Waals surface area contributed by atoms with Gasteiger partial charge in [-0.2, -0.15) is 0 Å². The van der Waals surface area contributed by atoms with Gasteiger partial charge in [0.15, 0.2) is 0 Å². The third-order valence-electron chi connectivity index (χ3n) is 8.45. The molecule has 4 aliphatic rings. The number of hydrogen-bond acceptors (Lipinski definition) is 3. The first kappa shape index (κ1) is 18.2. The smallest absolute Gasteiger partial charge is 0.203 e. The van der Waals surface area contributed by atoms with Gasteiger partial charge in [-0.3, -0.25) is 0 Å². The average molecular weight is 358 g/mol. The zero-order valence-electron chi connectivity index (χ0n) is 15.8. The Bertz CT molecular complexity index is 603. The molecule has 4 aliphatic carbocycles. The number of aliphatic hydroxyl groups is 1. The van der Waals surface area contributed by atoms with Gasteiger partial charge >= 0.3 is 0 Å². The van der Waals surface area contributed by atoms with E-state index < -0.39 is 0 Å². The molecule has 4 rings (SSSR count). The van der Waals surface area contributed by atoms with Crippen LogP contribution in [0.25, 0.3) is 0 Å². The van der Waals surface area contributed by atoms with E-state index in [0.29, 0.717) is 11.3 Å². The van der Waals surface area contributed by atoms with Crippen LogP contribution in [0.15, 0.2) is 23.3 Å². The molecule has 7 unspecified atom stereocenters. The van der Waals surface area contributed by atoms with Crippen molar-refractivity contribution < 1.29 is 9.29 Å². The largest absolute Gasteiger partial charge is 0.389 e. The lowest BCUT2D eigenvalue weighted by atomic mass is 9.48. The molecule has 0 saturated heterocycles. The second-order valence-electron chi connectivity index (χ2n) is 9.27. The van der Waals surface area contributed by atoms with Gasteiger partial charge in [-0.15, -0.1) is 0 Å². The molecule has 0 spiro atoms. The molecular formula is C21H31BO2S. The van der Waals surface area contributed by atoms with Gasteiger partial charge < -0.3 is 9.29 Å². The molecule has 2 nitrogen and oxygen atoms in total. The highest BCUT2D eigenvalue weighted by molar-refractivity contribution is 8.15. The summed E-state index contributed by atoms with van der Waals surface area (Å²) in [6.45, 7) is 7.03. The summed E-state index contributed by atoms with van der Waals surface area (Å²) in [7, 11) is 5.52. The van der Waals surface area contributed by atoms with Crippen LogP contribution in [0.5, 0.6) is 0 Å². The van der Waals surface area contributed by atoms with Crippen LogP contribution in [0.1, 0.15) is 65.7 Å². The van der Waals surface area contributed by atoms with Gasteiger partial charge in [0.2, 0.25) is 7.12 Å². The first-order valence-corrected chi connectivity index (χ1v) is 10.8. The molecule has 0 aliphatic heterocycles. The molecule has 136 valence electrons. The summed E-state index contributed by atoms with van der Waals surface area (Å²) in [4.78, 5) is 0. The summed E-state index contributed by atoms with van der Waals surface area (Å²) in [5.74, 6) is 2.12. The van der Waals surface area contributed by atoms with Crippen molar-refractivity contribution in [2.24, 2.45) is 28.6 Å². The van der Waals surface area contributed by atoms with Crippen LogP contribution in [-0.2, 0) is 4.18 Å². The van der Waals surface area contributed by atoms with E-state index in [-0.39, 0.29) is 17.6 Å². The van der Waals surface area contributed by atoms with Crippen molar-refractivity contribution >= 4 is 19.0 Å². The molecule has 1 N–H and O–H groups in total. The lowest BCUT2D eigenvalue weighted by Gasteiger charge is -2.57. The molecule has 2 radical (unpaired) electrons. The molecule has 25 heavy (non-hydrogen) atoms. The summed E-state index contributed by atoms with van der Waals surface area (Å²) >= 11 is 1.02. The van der Waals surface area contributed by atoms with E-state index in [1.54, 1.807) is 5.57 Å². The SMILES string of the molecule is [B]SOC1CCC2(C)C(=CCC3C2CCC2(C)/C(=C/C)C(O)CC32)C1. The Kier molecular flexibility index (Phi) is 4.70. The minimum Gasteiger partial charge on any atom is -0.389 e. The van der Waals surface area contributed by atoms with Crippen LogP contribution < -0.4 is 0 Å². The highest BCUT2D eigenvalue weighted by Crippen LogP contribution is 2.66. The number of hydrogen-bond donors (Lipinski definition) is 1. The van der Waals surface area contributed by atoms with E-state index in [1.807, 2.05) is 0 Å². The molecule has 0 heterocycles. The van der Waals surface area contributed by atoms with Crippen molar-refractivity contribution in [3.8, 4) is 0 Å². The molecule has 3 saturated carbocycles. The van der Waals surface area contributed by atoms with Gasteiger partial charge in [0.25, 0.3) is 0 Å². The molecule has 3 fully saturated rings. The zero-order chi connectivity index (χ0) is 17.8. The van der Waals surface area contributed by atoms with Crippen LogP contribution >= 0.6 is 11.9 Å². The Hall–Kier alpha value is -0.185. The van der Waals surface area contributed by atoms with Gasteiger partial charge in [0, 0.05) is 0 Å². The minimum absolute atomic E-state index is 0.216. The molecule has 4 heteroatoms. The van der Waals surface area contributed by atoms with Crippen LogP contribution in [0.3, 0.4) is 0 Å². The minimum atomic E-state index is -0.220. The Labute approximate surface area is 158 Å². The van der Waals surface area contributed by atoms with Crippen LogP contribution in [0, 0.1) is 28.6 Å². The van der Waals surface area contributed by atoms with E-state index in [2.05, 4.69) is 32.9 Å². The van der Waals surface area contributed by atoms with Crippen molar-refractivity contribution in [3.63, 3.8) is 0 Å². The molecule has 7 atom stereocenters. The third kappa shape index (κ3) is 2.62. The fourth-order valence-electron chi connectivity index (χ4n) is 7.17. The maximum Gasteiger partial charge on any atom is 0.203 e.